The number of nitrogens with zero attached hydrogens (tertiary/aromatic N) is 4. The number of halogens is 1. The zero-order valence-electron chi connectivity index (χ0n) is 22.0. The molecule has 2 aromatic heterocycles. The molecular weight excluding hydrogens is 493 g/mol. The third-order valence-electron chi connectivity index (χ3n) is 8.31. The molecule has 2 heterocycles. The molecule has 6 rings (SSSR count). The second-order valence-electron chi connectivity index (χ2n) is 10.7. The number of hydrogen-bond acceptors (Lipinski definition) is 5. The van der Waals surface area contributed by atoms with Crippen LogP contribution in [-0.2, 0) is 21.4 Å². The van der Waals surface area contributed by atoms with Crippen LogP contribution in [-0.4, -0.2) is 31.7 Å². The van der Waals surface area contributed by atoms with Gasteiger partial charge in [-0.3, -0.25) is 9.59 Å². The van der Waals surface area contributed by atoms with Gasteiger partial charge in [0.05, 0.1) is 34.5 Å². The fourth-order valence-electron chi connectivity index (χ4n) is 6.43. The SMILES string of the molecule is Cc1cc(-c2ccc(-n3nc(-c4ccccc4F)c4c3[C@]3(C)C=C(C(N)=O)C(=O)[C@H](C)[C@H]3CC4)cc2)cnn1. The molecule has 2 aromatic carbocycles. The summed E-state index contributed by atoms with van der Waals surface area (Å²) < 4.78 is 16.9. The normalized spacial score (nSPS) is 22.2. The van der Waals surface area contributed by atoms with E-state index in [4.69, 9.17) is 10.8 Å². The molecule has 0 spiro atoms. The van der Waals surface area contributed by atoms with Crippen LogP contribution in [0, 0.1) is 24.6 Å². The van der Waals surface area contributed by atoms with Gasteiger partial charge in [-0.05, 0) is 61.6 Å². The highest BCUT2D eigenvalue weighted by atomic mass is 19.1. The maximum Gasteiger partial charge on any atom is 0.252 e. The first kappa shape index (κ1) is 24.9. The van der Waals surface area contributed by atoms with Gasteiger partial charge in [0.25, 0.3) is 5.91 Å². The monoisotopic (exact) mass is 521 g/mol. The average molecular weight is 522 g/mol. The van der Waals surface area contributed by atoms with E-state index in [0.717, 1.165) is 33.8 Å². The van der Waals surface area contributed by atoms with Crippen molar-refractivity contribution in [1.82, 2.24) is 20.0 Å². The summed E-state index contributed by atoms with van der Waals surface area (Å²) in [4.78, 5) is 25.4. The molecule has 2 N–H and O–H groups in total. The minimum absolute atomic E-state index is 0.0187. The number of nitrogens with two attached hydrogens (primary N) is 1. The van der Waals surface area contributed by atoms with E-state index in [1.165, 1.54) is 6.07 Å². The van der Waals surface area contributed by atoms with E-state index in [1.807, 2.05) is 55.8 Å². The highest BCUT2D eigenvalue weighted by Gasteiger charge is 2.51. The van der Waals surface area contributed by atoms with Crippen LogP contribution in [0.4, 0.5) is 4.39 Å². The second kappa shape index (κ2) is 9.08. The summed E-state index contributed by atoms with van der Waals surface area (Å²) >= 11 is 0. The highest BCUT2D eigenvalue weighted by Crippen LogP contribution is 2.52. The smallest absolute Gasteiger partial charge is 0.252 e. The summed E-state index contributed by atoms with van der Waals surface area (Å²) in [6.07, 6.45) is 4.79. The largest absolute Gasteiger partial charge is 0.365 e. The highest BCUT2D eigenvalue weighted by molar-refractivity contribution is 6.20. The maximum absolute atomic E-state index is 15.1. The van der Waals surface area contributed by atoms with E-state index in [-0.39, 0.29) is 29.0 Å². The van der Waals surface area contributed by atoms with E-state index in [2.05, 4.69) is 10.2 Å². The summed E-state index contributed by atoms with van der Waals surface area (Å²) in [7, 11) is 0. The number of Topliss-reactive ketones (excluding diaryl/α,β-unsaturated/α-hetero) is 1. The molecule has 7 nitrogen and oxygen atoms in total. The number of ketones is 1. The molecule has 3 atom stereocenters. The van der Waals surface area contributed by atoms with Crippen molar-refractivity contribution in [1.29, 1.82) is 0 Å². The third kappa shape index (κ3) is 3.90. The van der Waals surface area contributed by atoms with Crippen LogP contribution in [0.2, 0.25) is 0 Å². The first-order valence-corrected chi connectivity index (χ1v) is 13.0. The number of allylic oxidation sites excluding steroid dienone is 1. The zero-order chi connectivity index (χ0) is 27.5. The van der Waals surface area contributed by atoms with E-state index in [1.54, 1.807) is 30.5 Å². The van der Waals surface area contributed by atoms with Gasteiger partial charge >= 0.3 is 0 Å². The molecule has 2 aliphatic rings. The molecule has 4 aromatic rings. The Kier molecular flexibility index (Phi) is 5.79. The molecule has 39 heavy (non-hydrogen) atoms. The van der Waals surface area contributed by atoms with Gasteiger partial charge in [-0.25, -0.2) is 9.07 Å². The Hall–Kier alpha value is -4.46. The van der Waals surface area contributed by atoms with Crippen molar-refractivity contribution in [2.75, 3.05) is 0 Å². The van der Waals surface area contributed by atoms with Crippen LogP contribution in [0.15, 0.2) is 72.4 Å². The molecule has 0 saturated heterocycles. The fourth-order valence-corrected chi connectivity index (χ4v) is 6.43. The first-order chi connectivity index (χ1) is 18.7. The van der Waals surface area contributed by atoms with Crippen molar-refractivity contribution in [3.8, 4) is 28.1 Å². The van der Waals surface area contributed by atoms with Crippen LogP contribution < -0.4 is 5.73 Å². The van der Waals surface area contributed by atoms with Crippen molar-refractivity contribution in [3.63, 3.8) is 0 Å². The van der Waals surface area contributed by atoms with Crippen molar-refractivity contribution >= 4 is 11.7 Å². The van der Waals surface area contributed by atoms with Gasteiger partial charge < -0.3 is 5.73 Å². The number of rotatable bonds is 4. The first-order valence-electron chi connectivity index (χ1n) is 13.0. The summed E-state index contributed by atoms with van der Waals surface area (Å²) in [6, 6.07) is 16.5. The van der Waals surface area contributed by atoms with Gasteiger partial charge in [0.1, 0.15) is 5.82 Å². The molecule has 2 aliphatic carbocycles. The van der Waals surface area contributed by atoms with Gasteiger partial charge in [0, 0.05) is 28.0 Å². The minimum atomic E-state index is -0.732. The molecule has 1 amide bonds. The lowest BCUT2D eigenvalue weighted by atomic mass is 9.57. The molecule has 0 saturated carbocycles. The number of benzene rings is 2. The van der Waals surface area contributed by atoms with Crippen LogP contribution in [0.25, 0.3) is 28.1 Å². The molecule has 0 bridgehead atoms. The molecular formula is C31H28FN5O2. The third-order valence-corrected chi connectivity index (χ3v) is 8.31. The summed E-state index contributed by atoms with van der Waals surface area (Å²) in [5.74, 6) is -1.76. The number of primary amides is 1. The van der Waals surface area contributed by atoms with Crippen LogP contribution in [0.5, 0.6) is 0 Å². The lowest BCUT2D eigenvalue weighted by molar-refractivity contribution is -0.125. The van der Waals surface area contributed by atoms with Crippen molar-refractivity contribution in [2.45, 2.75) is 39.0 Å². The van der Waals surface area contributed by atoms with Crippen LogP contribution in [0.3, 0.4) is 0 Å². The number of carbonyl (C=O) groups excluding carboxylic acids is 2. The molecule has 196 valence electrons. The van der Waals surface area contributed by atoms with Gasteiger partial charge in [0.2, 0.25) is 0 Å². The molecule has 8 heteroatoms. The van der Waals surface area contributed by atoms with E-state index in [0.29, 0.717) is 24.1 Å². The summed E-state index contributed by atoms with van der Waals surface area (Å²) in [5.41, 5.74) is 11.3. The Balaban J connectivity index is 1.58. The Labute approximate surface area is 225 Å². The van der Waals surface area contributed by atoms with Gasteiger partial charge in [0.15, 0.2) is 5.78 Å². The Morgan fingerprint density at radius 3 is 2.56 bits per heavy atom. The minimum Gasteiger partial charge on any atom is -0.365 e. The number of hydrogen-bond donors (Lipinski definition) is 1. The van der Waals surface area contributed by atoms with Crippen molar-refractivity contribution < 1.29 is 14.0 Å². The zero-order valence-corrected chi connectivity index (χ0v) is 22.0. The summed E-state index contributed by atoms with van der Waals surface area (Å²) in [6.45, 7) is 5.79. The van der Waals surface area contributed by atoms with Gasteiger partial charge in [-0.1, -0.05) is 44.2 Å². The maximum atomic E-state index is 15.1. The lowest BCUT2D eigenvalue weighted by Gasteiger charge is -2.45. The fraction of sp³-hybridized carbons (Fsp3) is 0.258. The van der Waals surface area contributed by atoms with E-state index in [9.17, 15) is 9.59 Å². The number of amides is 1. The van der Waals surface area contributed by atoms with Crippen molar-refractivity contribution in [2.24, 2.45) is 17.6 Å². The summed E-state index contributed by atoms with van der Waals surface area (Å²) in [5, 5.41) is 13.1. The number of fused-ring (bicyclic) bond motifs is 3. The van der Waals surface area contributed by atoms with E-state index >= 15 is 4.39 Å². The Morgan fingerprint density at radius 2 is 1.87 bits per heavy atom. The van der Waals surface area contributed by atoms with Crippen LogP contribution >= 0.6 is 0 Å². The molecule has 0 radical (unpaired) electrons. The number of aromatic nitrogens is 4. The molecule has 0 aliphatic heterocycles. The topological polar surface area (TPSA) is 104 Å². The predicted octanol–water partition coefficient (Wildman–Crippen LogP) is 4.89. The predicted molar refractivity (Wildman–Crippen MR) is 145 cm³/mol. The Morgan fingerprint density at radius 1 is 1.13 bits per heavy atom. The van der Waals surface area contributed by atoms with E-state index < -0.39 is 11.3 Å². The lowest BCUT2D eigenvalue weighted by Crippen LogP contribution is -2.48. The van der Waals surface area contributed by atoms with Crippen LogP contribution in [0.1, 0.15) is 37.2 Å². The quantitative estimate of drug-likeness (QED) is 0.385. The van der Waals surface area contributed by atoms with Gasteiger partial charge in [-0.15, -0.1) is 0 Å². The second-order valence-corrected chi connectivity index (χ2v) is 10.7. The van der Waals surface area contributed by atoms with Crippen molar-refractivity contribution in [3.05, 3.63) is 95.2 Å². The van der Waals surface area contributed by atoms with Gasteiger partial charge in [-0.2, -0.15) is 15.3 Å². The average Bonchev–Trinajstić information content (AvgIpc) is 3.32. The standard InChI is InChI=1S/C31H28FN5O2/c1-17-14-20(16-34-35-17)19-8-10-21(11-9-19)37-29-23(27(36-37)22-6-4-5-7-26(22)32)12-13-25-18(2)28(38)24(30(33)39)15-31(25,29)3/h4-11,14-16,18,25H,12-13H2,1-3H3,(H2,33,39)/t18-,25-,31-/m1/s1. The molecule has 0 fully saturated rings. The Bertz CT molecular complexity index is 1670. The number of carbonyl (C=O) groups is 2. The molecule has 0 unspecified atom stereocenters. The number of aryl methyl sites for hydroxylation is 1.